The van der Waals surface area contributed by atoms with Crippen molar-refractivity contribution in [3.8, 4) is 11.1 Å². The first-order valence-electron chi connectivity index (χ1n) is 6.41. The Balaban J connectivity index is 1.99. The maximum atomic E-state index is 6.20. The van der Waals surface area contributed by atoms with Crippen LogP contribution in [0, 0.1) is 0 Å². The van der Waals surface area contributed by atoms with E-state index in [1.54, 1.807) is 0 Å². The van der Waals surface area contributed by atoms with Crippen molar-refractivity contribution < 1.29 is 4.74 Å². The average molecular weight is 274 g/mol. The van der Waals surface area contributed by atoms with E-state index in [2.05, 4.69) is 35.6 Å². The number of benzene rings is 2. The molecule has 0 radical (unpaired) electrons. The lowest BCUT2D eigenvalue weighted by atomic mass is 9.99. The van der Waals surface area contributed by atoms with Crippen molar-refractivity contribution in [1.29, 1.82) is 0 Å². The molecule has 0 saturated carbocycles. The Kier molecular flexibility index (Phi) is 3.56. The Hall–Kier alpha value is -1.35. The van der Waals surface area contributed by atoms with Gasteiger partial charge in [-0.2, -0.15) is 0 Å². The molecule has 1 aliphatic heterocycles. The van der Waals surface area contributed by atoms with Crippen LogP contribution in [0.5, 0.6) is 0 Å². The van der Waals surface area contributed by atoms with Gasteiger partial charge in [0.25, 0.3) is 0 Å². The molecule has 1 N–H and O–H groups in total. The van der Waals surface area contributed by atoms with Gasteiger partial charge in [-0.1, -0.05) is 29.8 Å². The van der Waals surface area contributed by atoms with Crippen molar-refractivity contribution in [1.82, 2.24) is 5.32 Å². The minimum absolute atomic E-state index is 0.722. The average Bonchev–Trinajstić information content (AvgIpc) is 2.89. The second-order valence-electron chi connectivity index (χ2n) is 4.81. The first-order chi connectivity index (χ1) is 9.28. The lowest BCUT2D eigenvalue weighted by Crippen LogP contribution is -2.05. The zero-order valence-electron chi connectivity index (χ0n) is 10.9. The maximum absolute atomic E-state index is 6.20. The second-order valence-corrected chi connectivity index (χ2v) is 5.22. The zero-order valence-corrected chi connectivity index (χ0v) is 11.6. The van der Waals surface area contributed by atoms with E-state index in [9.17, 15) is 0 Å². The van der Waals surface area contributed by atoms with Gasteiger partial charge in [-0.25, -0.2) is 0 Å². The summed E-state index contributed by atoms with van der Waals surface area (Å²) in [5.41, 5.74) is 6.14. The van der Waals surface area contributed by atoms with E-state index in [0.29, 0.717) is 0 Å². The summed E-state index contributed by atoms with van der Waals surface area (Å²) in [4.78, 5) is 0. The first-order valence-corrected chi connectivity index (χ1v) is 6.78. The van der Waals surface area contributed by atoms with Crippen LogP contribution in [0.15, 0.2) is 36.4 Å². The highest BCUT2D eigenvalue weighted by Gasteiger charge is 2.12. The summed E-state index contributed by atoms with van der Waals surface area (Å²) in [5.74, 6) is 0. The van der Waals surface area contributed by atoms with E-state index in [1.165, 1.54) is 22.3 Å². The van der Waals surface area contributed by atoms with Crippen LogP contribution in [-0.2, 0) is 24.5 Å². The molecule has 0 atom stereocenters. The molecule has 0 aromatic heterocycles. The Morgan fingerprint density at radius 1 is 1.05 bits per heavy atom. The Morgan fingerprint density at radius 2 is 1.79 bits per heavy atom. The standard InChI is InChI=1S/C16H16ClNO/c1-18-8-14-6-12(4-5-16(14)17)11-2-3-13-9-19-10-15(13)7-11/h2-7,18H,8-10H2,1H3. The number of hydrogen-bond acceptors (Lipinski definition) is 2. The van der Waals surface area contributed by atoms with Crippen LogP contribution in [0.25, 0.3) is 11.1 Å². The van der Waals surface area contributed by atoms with E-state index in [1.807, 2.05) is 13.1 Å². The Bertz CT molecular complexity index is 610. The summed E-state index contributed by atoms with van der Waals surface area (Å²) in [6.07, 6.45) is 0. The van der Waals surface area contributed by atoms with Crippen LogP contribution < -0.4 is 5.32 Å². The molecule has 3 heteroatoms. The third-order valence-electron chi connectivity index (χ3n) is 3.47. The van der Waals surface area contributed by atoms with Gasteiger partial charge in [0.2, 0.25) is 0 Å². The summed E-state index contributed by atoms with van der Waals surface area (Å²) in [5, 5.41) is 3.95. The van der Waals surface area contributed by atoms with Gasteiger partial charge in [-0.3, -0.25) is 0 Å². The van der Waals surface area contributed by atoms with Gasteiger partial charge in [-0.15, -0.1) is 0 Å². The highest BCUT2D eigenvalue weighted by atomic mass is 35.5. The lowest BCUT2D eigenvalue weighted by molar-refractivity contribution is 0.134. The highest BCUT2D eigenvalue weighted by molar-refractivity contribution is 6.31. The van der Waals surface area contributed by atoms with Crippen LogP contribution in [0.3, 0.4) is 0 Å². The molecule has 0 unspecified atom stereocenters. The number of hydrogen-bond donors (Lipinski definition) is 1. The minimum Gasteiger partial charge on any atom is -0.372 e. The lowest BCUT2D eigenvalue weighted by Gasteiger charge is -2.09. The van der Waals surface area contributed by atoms with E-state index in [0.717, 1.165) is 30.3 Å². The largest absolute Gasteiger partial charge is 0.372 e. The monoisotopic (exact) mass is 273 g/mol. The number of halogens is 1. The molecular formula is C16H16ClNO. The predicted molar refractivity (Wildman–Crippen MR) is 78.1 cm³/mol. The molecule has 19 heavy (non-hydrogen) atoms. The van der Waals surface area contributed by atoms with Gasteiger partial charge in [-0.05, 0) is 53.1 Å². The van der Waals surface area contributed by atoms with Gasteiger partial charge in [0.05, 0.1) is 13.2 Å². The molecule has 0 amide bonds. The minimum atomic E-state index is 0.722. The predicted octanol–water partition coefficient (Wildman–Crippen LogP) is 3.76. The van der Waals surface area contributed by atoms with E-state index in [-0.39, 0.29) is 0 Å². The fourth-order valence-corrected chi connectivity index (χ4v) is 2.62. The molecule has 0 saturated heterocycles. The summed E-state index contributed by atoms with van der Waals surface area (Å²) in [7, 11) is 1.93. The summed E-state index contributed by atoms with van der Waals surface area (Å²) in [6.45, 7) is 2.24. The van der Waals surface area contributed by atoms with Gasteiger partial charge in [0, 0.05) is 11.6 Å². The fourth-order valence-electron chi connectivity index (χ4n) is 2.43. The molecule has 3 rings (SSSR count). The zero-order chi connectivity index (χ0) is 13.2. The van der Waals surface area contributed by atoms with Gasteiger partial charge >= 0.3 is 0 Å². The molecule has 0 fully saturated rings. The topological polar surface area (TPSA) is 21.3 Å². The van der Waals surface area contributed by atoms with Gasteiger partial charge in [0.1, 0.15) is 0 Å². The Morgan fingerprint density at radius 3 is 2.63 bits per heavy atom. The summed E-state index contributed by atoms with van der Waals surface area (Å²) < 4.78 is 5.46. The first kappa shape index (κ1) is 12.7. The third kappa shape index (κ3) is 2.52. The molecule has 0 spiro atoms. The second kappa shape index (κ2) is 5.33. The molecule has 2 aromatic rings. The number of nitrogens with one attached hydrogen (secondary N) is 1. The number of fused-ring (bicyclic) bond motifs is 1. The Labute approximate surface area is 118 Å². The van der Waals surface area contributed by atoms with E-state index >= 15 is 0 Å². The van der Waals surface area contributed by atoms with Crippen LogP contribution in [0.1, 0.15) is 16.7 Å². The molecule has 0 bridgehead atoms. The van der Waals surface area contributed by atoms with Crippen LogP contribution in [0.2, 0.25) is 5.02 Å². The molecule has 2 aromatic carbocycles. The molecule has 98 valence electrons. The molecular weight excluding hydrogens is 258 g/mol. The molecule has 2 nitrogen and oxygen atoms in total. The maximum Gasteiger partial charge on any atom is 0.0725 e. The van der Waals surface area contributed by atoms with Crippen molar-refractivity contribution in [2.45, 2.75) is 19.8 Å². The van der Waals surface area contributed by atoms with Crippen LogP contribution >= 0.6 is 11.6 Å². The van der Waals surface area contributed by atoms with Crippen LogP contribution in [0.4, 0.5) is 0 Å². The van der Waals surface area contributed by atoms with Crippen molar-refractivity contribution in [3.05, 3.63) is 58.1 Å². The molecule has 0 aliphatic carbocycles. The highest BCUT2D eigenvalue weighted by Crippen LogP contribution is 2.29. The van der Waals surface area contributed by atoms with Gasteiger partial charge in [0.15, 0.2) is 0 Å². The van der Waals surface area contributed by atoms with Gasteiger partial charge < -0.3 is 10.1 Å². The normalized spacial score (nSPS) is 13.6. The smallest absolute Gasteiger partial charge is 0.0725 e. The van der Waals surface area contributed by atoms with Crippen molar-refractivity contribution in [3.63, 3.8) is 0 Å². The third-order valence-corrected chi connectivity index (χ3v) is 3.84. The quantitative estimate of drug-likeness (QED) is 0.919. The number of rotatable bonds is 3. The van der Waals surface area contributed by atoms with Crippen molar-refractivity contribution >= 4 is 11.6 Å². The molecule has 1 aliphatic rings. The SMILES string of the molecule is CNCc1cc(-c2ccc3c(c2)COC3)ccc1Cl. The summed E-state index contributed by atoms with van der Waals surface area (Å²) >= 11 is 6.20. The van der Waals surface area contributed by atoms with Crippen molar-refractivity contribution in [2.24, 2.45) is 0 Å². The summed E-state index contributed by atoms with van der Waals surface area (Å²) in [6, 6.07) is 12.7. The van der Waals surface area contributed by atoms with Crippen molar-refractivity contribution in [2.75, 3.05) is 7.05 Å². The fraction of sp³-hybridized carbons (Fsp3) is 0.250. The molecule has 1 heterocycles. The number of ether oxygens (including phenoxy) is 1. The van der Waals surface area contributed by atoms with Crippen LogP contribution in [-0.4, -0.2) is 7.05 Å². The van der Waals surface area contributed by atoms with E-state index < -0.39 is 0 Å². The van der Waals surface area contributed by atoms with E-state index in [4.69, 9.17) is 16.3 Å².